The molecule has 2 heterocycles. The van der Waals surface area contributed by atoms with Gasteiger partial charge in [0, 0.05) is 36.9 Å². The molecule has 0 spiro atoms. The highest BCUT2D eigenvalue weighted by molar-refractivity contribution is 7.86. The van der Waals surface area contributed by atoms with Crippen molar-refractivity contribution in [1.82, 2.24) is 0 Å². The van der Waals surface area contributed by atoms with Gasteiger partial charge in [-0.2, -0.15) is 4.57 Å². The van der Waals surface area contributed by atoms with Gasteiger partial charge in [0.05, 0.1) is 51.5 Å². The van der Waals surface area contributed by atoms with Crippen molar-refractivity contribution in [2.24, 2.45) is 0 Å². The monoisotopic (exact) mass is 699 g/mol. The lowest BCUT2D eigenvalue weighted by molar-refractivity contribution is -0.668. The third-order valence-electron chi connectivity index (χ3n) is 7.81. The first kappa shape index (κ1) is 34.4. The highest BCUT2D eigenvalue weighted by Crippen LogP contribution is 2.42. The second kappa shape index (κ2) is 14.0. The summed E-state index contributed by atoms with van der Waals surface area (Å²) in [6.07, 6.45) is 4.41. The van der Waals surface area contributed by atoms with Crippen molar-refractivity contribution in [2.75, 3.05) is 31.4 Å². The van der Waals surface area contributed by atoms with Crippen molar-refractivity contribution in [3.05, 3.63) is 83.2 Å². The number of aryl methyl sites for hydroxylation is 1. The summed E-state index contributed by atoms with van der Waals surface area (Å²) in [5.41, 5.74) is 4.10. The Labute approximate surface area is 278 Å². The molecule has 0 saturated carbocycles. The molecule has 0 bridgehead atoms. The fraction of sp³-hybridized carbons (Fsp3) is 0.303. The van der Waals surface area contributed by atoms with Gasteiger partial charge in [0.25, 0.3) is 5.01 Å². The van der Waals surface area contributed by atoms with E-state index in [-0.39, 0.29) is 19.5 Å². The number of hydrogen-bond acceptors (Lipinski definition) is 11. The first-order valence-corrected chi connectivity index (χ1v) is 18.7. The number of ether oxygens (including phenoxy) is 3. The van der Waals surface area contributed by atoms with Gasteiger partial charge in [-0.25, -0.2) is 16.8 Å². The lowest BCUT2D eigenvalue weighted by Gasteiger charge is -2.24. The van der Waals surface area contributed by atoms with E-state index in [9.17, 15) is 25.9 Å². The minimum atomic E-state index is -4.59. The Kier molecular flexibility index (Phi) is 10.3. The number of fused-ring (bicyclic) bond motifs is 2. The van der Waals surface area contributed by atoms with Gasteiger partial charge in [-0.05, 0) is 42.2 Å². The quantitative estimate of drug-likeness (QED) is 0.133. The van der Waals surface area contributed by atoms with Crippen LogP contribution in [0.4, 0.5) is 5.69 Å². The lowest BCUT2D eigenvalue weighted by Crippen LogP contribution is -2.36. The zero-order valence-electron chi connectivity index (χ0n) is 26.3. The minimum Gasteiger partial charge on any atom is -0.748 e. The standard InChI is InChI=1S/C33H36N2O9S3/c1-5-23(17-33-34(14-9-15-46(36,37)38)27-19-29(42-3)30(43-4)20-31(27)45-33)16-32-35(21-22(2)47(39,40)41)26-18-25(12-13-28(26)44-32)24-10-7-6-8-11-24/h6-8,10-13,16-20,22H,5,9,14-15,21H2,1-4H3,(H-,36,37,38,39,40,41)/p-1. The topological polar surface area (TPSA) is 149 Å². The number of benzene rings is 3. The first-order chi connectivity index (χ1) is 22.3. The SMILES string of the molecule is CCC(/C=C1\Oc2ccc(-c3ccccc3)cc2N1CC(C)S(=O)(=O)[O-])=C\c1sc2cc(OC)c(OC)cc2[n+]1CCCS(=O)(=O)[O-]. The molecular weight excluding hydrogens is 665 g/mol. The highest BCUT2D eigenvalue weighted by atomic mass is 32.2. The minimum absolute atomic E-state index is 0.109. The summed E-state index contributed by atoms with van der Waals surface area (Å²) in [6.45, 7) is 3.47. The Hall–Kier alpha value is -3.95. The molecule has 4 aromatic rings. The van der Waals surface area contributed by atoms with Crippen LogP contribution in [0.15, 0.2) is 78.2 Å². The molecule has 1 aliphatic rings. The average Bonchev–Trinajstić information content (AvgIpc) is 3.54. The van der Waals surface area contributed by atoms with E-state index >= 15 is 0 Å². The van der Waals surface area contributed by atoms with E-state index in [1.165, 1.54) is 25.4 Å². The van der Waals surface area contributed by atoms with Gasteiger partial charge in [-0.3, -0.25) is 0 Å². The van der Waals surface area contributed by atoms with Crippen LogP contribution >= 0.6 is 11.3 Å². The van der Waals surface area contributed by atoms with E-state index in [1.54, 1.807) is 12.0 Å². The van der Waals surface area contributed by atoms with Gasteiger partial charge in [-0.1, -0.05) is 54.7 Å². The molecule has 0 N–H and O–H groups in total. The van der Waals surface area contributed by atoms with Gasteiger partial charge in [-0.15, -0.1) is 0 Å². The molecule has 250 valence electrons. The van der Waals surface area contributed by atoms with Crippen molar-refractivity contribution in [2.45, 2.75) is 38.5 Å². The third-order valence-corrected chi connectivity index (χ3v) is 10.8. The van der Waals surface area contributed by atoms with Gasteiger partial charge in [0.2, 0.25) is 11.4 Å². The van der Waals surface area contributed by atoms with Crippen LogP contribution in [0, 0.1) is 0 Å². The molecule has 0 radical (unpaired) electrons. The second-order valence-electron chi connectivity index (χ2n) is 11.0. The van der Waals surface area contributed by atoms with Gasteiger partial charge in [0.15, 0.2) is 23.8 Å². The summed E-state index contributed by atoms with van der Waals surface area (Å²) >= 11 is 1.45. The molecule has 3 aromatic carbocycles. The summed E-state index contributed by atoms with van der Waals surface area (Å²) in [5, 5.41) is -0.446. The largest absolute Gasteiger partial charge is 0.748 e. The Morgan fingerprint density at radius 3 is 2.34 bits per heavy atom. The van der Waals surface area contributed by atoms with Gasteiger partial charge < -0.3 is 28.2 Å². The highest BCUT2D eigenvalue weighted by Gasteiger charge is 2.30. The number of rotatable bonds is 13. The van der Waals surface area contributed by atoms with Crippen molar-refractivity contribution in [3.8, 4) is 28.4 Å². The number of thiazole rings is 1. The van der Waals surface area contributed by atoms with E-state index in [0.717, 1.165) is 31.9 Å². The smallest absolute Gasteiger partial charge is 0.263 e. The fourth-order valence-corrected chi connectivity index (χ4v) is 7.27. The van der Waals surface area contributed by atoms with Crippen LogP contribution in [-0.4, -0.2) is 57.7 Å². The molecule has 14 heteroatoms. The van der Waals surface area contributed by atoms with Gasteiger partial charge >= 0.3 is 0 Å². The van der Waals surface area contributed by atoms with E-state index < -0.39 is 31.2 Å². The van der Waals surface area contributed by atoms with Crippen LogP contribution in [0.1, 0.15) is 31.7 Å². The van der Waals surface area contributed by atoms with Gasteiger partial charge in [0.1, 0.15) is 4.70 Å². The molecule has 1 atom stereocenters. The number of anilines is 1. The van der Waals surface area contributed by atoms with Crippen molar-refractivity contribution in [3.63, 3.8) is 0 Å². The van der Waals surface area contributed by atoms with Crippen LogP contribution in [-0.2, 0) is 26.8 Å². The van der Waals surface area contributed by atoms with E-state index in [1.807, 2.05) is 84.3 Å². The predicted octanol–water partition coefficient (Wildman–Crippen LogP) is 5.28. The summed E-state index contributed by atoms with van der Waals surface area (Å²) in [7, 11) is -5.92. The number of aromatic nitrogens is 1. The molecule has 1 aliphatic heterocycles. The van der Waals surface area contributed by atoms with E-state index in [2.05, 4.69) is 0 Å². The van der Waals surface area contributed by atoms with Crippen LogP contribution in [0.5, 0.6) is 17.2 Å². The van der Waals surface area contributed by atoms with Crippen LogP contribution in [0.2, 0.25) is 0 Å². The molecular formula is C33H35N2O9S3-. The molecule has 0 saturated heterocycles. The maximum Gasteiger partial charge on any atom is 0.263 e. The van der Waals surface area contributed by atoms with Crippen LogP contribution < -0.4 is 23.7 Å². The van der Waals surface area contributed by atoms with Crippen molar-refractivity contribution in [1.29, 1.82) is 0 Å². The molecule has 5 rings (SSSR count). The van der Waals surface area contributed by atoms with E-state index in [0.29, 0.717) is 35.2 Å². The third kappa shape index (κ3) is 7.96. The lowest BCUT2D eigenvalue weighted by atomic mass is 10.0. The zero-order chi connectivity index (χ0) is 33.9. The average molecular weight is 700 g/mol. The molecule has 1 unspecified atom stereocenters. The molecule has 0 aliphatic carbocycles. The normalized spacial score (nSPS) is 15.1. The summed E-state index contributed by atoms with van der Waals surface area (Å²) in [4.78, 5) is 1.71. The molecule has 47 heavy (non-hydrogen) atoms. The Morgan fingerprint density at radius 1 is 1.00 bits per heavy atom. The fourth-order valence-electron chi connectivity index (χ4n) is 5.28. The first-order valence-electron chi connectivity index (χ1n) is 14.8. The Bertz CT molecular complexity index is 2060. The molecule has 0 fully saturated rings. The van der Waals surface area contributed by atoms with Crippen LogP contribution in [0.25, 0.3) is 27.4 Å². The summed E-state index contributed by atoms with van der Waals surface area (Å²) < 4.78 is 90.1. The summed E-state index contributed by atoms with van der Waals surface area (Å²) in [5.74, 6) is 1.42. The number of hydrogen-bond donors (Lipinski definition) is 0. The predicted molar refractivity (Wildman–Crippen MR) is 180 cm³/mol. The Morgan fingerprint density at radius 2 is 1.70 bits per heavy atom. The maximum absolute atomic E-state index is 12.0. The number of methoxy groups -OCH3 is 2. The number of allylic oxidation sites excluding steroid dienone is 2. The van der Waals surface area contributed by atoms with Crippen LogP contribution in [0.3, 0.4) is 0 Å². The molecule has 0 amide bonds. The molecule has 1 aromatic heterocycles. The van der Waals surface area contributed by atoms with Crippen molar-refractivity contribution >= 4 is 53.6 Å². The summed E-state index contributed by atoms with van der Waals surface area (Å²) in [6, 6.07) is 19.0. The molecule has 11 nitrogen and oxygen atoms in total. The number of nitrogens with zero attached hydrogens (tertiary/aromatic N) is 2. The van der Waals surface area contributed by atoms with E-state index in [4.69, 9.17) is 14.2 Å². The second-order valence-corrected chi connectivity index (χ2v) is 15.4. The maximum atomic E-state index is 12.0. The van der Waals surface area contributed by atoms with Crippen molar-refractivity contribution < 1.29 is 44.7 Å². The Balaban J connectivity index is 1.59. The zero-order valence-corrected chi connectivity index (χ0v) is 28.8.